The second-order valence-electron chi connectivity index (χ2n) is 5.85. The molecule has 0 radical (unpaired) electrons. The predicted octanol–water partition coefficient (Wildman–Crippen LogP) is 3.39. The highest BCUT2D eigenvalue weighted by molar-refractivity contribution is 5.79. The van der Waals surface area contributed by atoms with Gasteiger partial charge < -0.3 is 15.0 Å². The van der Waals surface area contributed by atoms with Gasteiger partial charge in [0.25, 0.3) is 5.56 Å². The molecule has 0 fully saturated rings. The Hall–Kier alpha value is -2.59. The van der Waals surface area contributed by atoms with Gasteiger partial charge in [-0.2, -0.15) is 0 Å². The number of pyridine rings is 1. The summed E-state index contributed by atoms with van der Waals surface area (Å²) in [6.45, 7) is 3.37. The minimum atomic E-state index is -0.0334. The zero-order chi connectivity index (χ0) is 16.9. The molecule has 3 aromatic rings. The summed E-state index contributed by atoms with van der Waals surface area (Å²) < 4.78 is 5.15. The summed E-state index contributed by atoms with van der Waals surface area (Å²) in [5.41, 5.74) is 4.03. The van der Waals surface area contributed by atoms with E-state index in [2.05, 4.69) is 29.4 Å². The number of hydrogen-bond acceptors (Lipinski definition) is 3. The fraction of sp³-hybridized carbons (Fsp3) is 0.250. The van der Waals surface area contributed by atoms with Crippen molar-refractivity contribution in [3.8, 4) is 5.75 Å². The molecule has 0 saturated carbocycles. The molecule has 4 nitrogen and oxygen atoms in total. The van der Waals surface area contributed by atoms with Gasteiger partial charge in [0.1, 0.15) is 5.75 Å². The zero-order valence-electron chi connectivity index (χ0n) is 14.1. The first-order chi connectivity index (χ1) is 11.7. The molecule has 1 heterocycles. The molecule has 4 heteroatoms. The molecule has 2 N–H and O–H groups in total. The normalized spacial score (nSPS) is 10.9. The molecule has 0 spiro atoms. The molecule has 0 atom stereocenters. The highest BCUT2D eigenvalue weighted by Gasteiger charge is 2.04. The number of benzene rings is 2. The number of nitrogens with one attached hydrogen (secondary N) is 2. The van der Waals surface area contributed by atoms with Crippen LogP contribution in [0.25, 0.3) is 10.9 Å². The standard InChI is InChI=1S/C20H22N2O2/c1-3-14-6-9-19-16(10-14)11-17(20(23)22-19)13-21-12-15-4-7-18(24-2)8-5-15/h4-11,21H,3,12-13H2,1-2H3,(H,22,23). The molecule has 0 bridgehead atoms. The van der Waals surface area contributed by atoms with E-state index in [9.17, 15) is 4.79 Å². The Morgan fingerprint density at radius 3 is 2.46 bits per heavy atom. The van der Waals surface area contributed by atoms with Crippen LogP contribution in [0.2, 0.25) is 0 Å². The van der Waals surface area contributed by atoms with E-state index in [1.54, 1.807) is 7.11 Å². The van der Waals surface area contributed by atoms with Crippen molar-refractivity contribution in [2.75, 3.05) is 7.11 Å². The van der Waals surface area contributed by atoms with Crippen LogP contribution in [-0.4, -0.2) is 12.1 Å². The lowest BCUT2D eigenvalue weighted by molar-refractivity contribution is 0.414. The summed E-state index contributed by atoms with van der Waals surface area (Å²) in [5, 5.41) is 4.41. The second kappa shape index (κ2) is 7.32. The molecule has 0 aliphatic rings. The minimum absolute atomic E-state index is 0.0334. The van der Waals surface area contributed by atoms with Crippen molar-refractivity contribution >= 4 is 10.9 Å². The van der Waals surface area contributed by atoms with Crippen molar-refractivity contribution in [1.29, 1.82) is 0 Å². The van der Waals surface area contributed by atoms with Crippen molar-refractivity contribution in [2.45, 2.75) is 26.4 Å². The molecular formula is C20H22N2O2. The molecule has 124 valence electrons. The summed E-state index contributed by atoms with van der Waals surface area (Å²) in [5.74, 6) is 0.844. The van der Waals surface area contributed by atoms with Crippen molar-refractivity contribution < 1.29 is 4.74 Å². The van der Waals surface area contributed by atoms with Crippen LogP contribution in [0.1, 0.15) is 23.6 Å². The summed E-state index contributed by atoms with van der Waals surface area (Å²) in [4.78, 5) is 15.2. The van der Waals surface area contributed by atoms with Crippen LogP contribution in [0.4, 0.5) is 0 Å². The van der Waals surface area contributed by atoms with Gasteiger partial charge in [0.05, 0.1) is 7.11 Å². The van der Waals surface area contributed by atoms with E-state index in [1.165, 1.54) is 5.56 Å². The number of aryl methyl sites for hydroxylation is 1. The van der Waals surface area contributed by atoms with Crippen molar-refractivity contribution in [2.24, 2.45) is 0 Å². The number of aromatic nitrogens is 1. The molecule has 0 unspecified atom stereocenters. The van der Waals surface area contributed by atoms with E-state index in [4.69, 9.17) is 4.74 Å². The van der Waals surface area contributed by atoms with Gasteiger partial charge in [0, 0.05) is 24.2 Å². The van der Waals surface area contributed by atoms with E-state index in [1.807, 2.05) is 36.4 Å². The van der Waals surface area contributed by atoms with Crippen molar-refractivity contribution in [3.05, 3.63) is 75.6 Å². The van der Waals surface area contributed by atoms with Gasteiger partial charge >= 0.3 is 0 Å². The van der Waals surface area contributed by atoms with Crippen LogP contribution in [0.15, 0.2) is 53.3 Å². The van der Waals surface area contributed by atoms with Gasteiger partial charge in [-0.3, -0.25) is 4.79 Å². The van der Waals surface area contributed by atoms with E-state index >= 15 is 0 Å². The lowest BCUT2D eigenvalue weighted by Gasteiger charge is -2.07. The van der Waals surface area contributed by atoms with Gasteiger partial charge in [-0.25, -0.2) is 0 Å². The van der Waals surface area contributed by atoms with Gasteiger partial charge in [-0.15, -0.1) is 0 Å². The maximum absolute atomic E-state index is 12.2. The largest absolute Gasteiger partial charge is 0.497 e. The van der Waals surface area contributed by atoms with Gasteiger partial charge in [-0.05, 0) is 53.3 Å². The molecule has 0 aliphatic heterocycles. The quantitative estimate of drug-likeness (QED) is 0.731. The molecule has 0 saturated heterocycles. The first-order valence-electron chi connectivity index (χ1n) is 8.18. The fourth-order valence-corrected chi connectivity index (χ4v) is 2.74. The van der Waals surface area contributed by atoms with Crippen LogP contribution in [0.5, 0.6) is 5.75 Å². The summed E-state index contributed by atoms with van der Waals surface area (Å²) in [6, 6.07) is 16.1. The Morgan fingerprint density at radius 1 is 1.00 bits per heavy atom. The second-order valence-corrected chi connectivity index (χ2v) is 5.85. The smallest absolute Gasteiger partial charge is 0.252 e. The van der Waals surface area contributed by atoms with Crippen LogP contribution in [0, 0.1) is 0 Å². The summed E-state index contributed by atoms with van der Waals surface area (Å²) in [7, 11) is 1.66. The first kappa shape index (κ1) is 16.3. The number of rotatable bonds is 6. The number of aromatic amines is 1. The number of hydrogen-bond donors (Lipinski definition) is 2. The Labute approximate surface area is 141 Å². The summed E-state index contributed by atoms with van der Waals surface area (Å²) in [6.07, 6.45) is 0.986. The lowest BCUT2D eigenvalue weighted by Crippen LogP contribution is -2.20. The third kappa shape index (κ3) is 3.66. The van der Waals surface area contributed by atoms with Crippen LogP contribution in [-0.2, 0) is 19.5 Å². The number of fused-ring (bicyclic) bond motifs is 1. The third-order valence-corrected chi connectivity index (χ3v) is 4.20. The highest BCUT2D eigenvalue weighted by Crippen LogP contribution is 2.15. The molecule has 0 aliphatic carbocycles. The average molecular weight is 322 g/mol. The highest BCUT2D eigenvalue weighted by atomic mass is 16.5. The van der Waals surface area contributed by atoms with E-state index < -0.39 is 0 Å². The van der Waals surface area contributed by atoms with E-state index in [0.29, 0.717) is 13.1 Å². The lowest BCUT2D eigenvalue weighted by atomic mass is 10.1. The summed E-state index contributed by atoms with van der Waals surface area (Å²) >= 11 is 0. The fourth-order valence-electron chi connectivity index (χ4n) is 2.74. The third-order valence-electron chi connectivity index (χ3n) is 4.20. The van der Waals surface area contributed by atoms with Crippen LogP contribution < -0.4 is 15.6 Å². The molecule has 0 amide bonds. The van der Waals surface area contributed by atoms with Crippen molar-refractivity contribution in [1.82, 2.24) is 10.3 Å². The molecule has 24 heavy (non-hydrogen) atoms. The van der Waals surface area contributed by atoms with Gasteiger partial charge in [-0.1, -0.05) is 25.1 Å². The maximum atomic E-state index is 12.2. The molecule has 3 rings (SSSR count). The monoisotopic (exact) mass is 322 g/mol. The Morgan fingerprint density at radius 2 is 1.75 bits per heavy atom. The molecule has 1 aromatic heterocycles. The number of methoxy groups -OCH3 is 1. The average Bonchev–Trinajstić information content (AvgIpc) is 2.62. The van der Waals surface area contributed by atoms with Gasteiger partial charge in [0.2, 0.25) is 0 Å². The maximum Gasteiger partial charge on any atom is 0.252 e. The number of ether oxygens (including phenoxy) is 1. The van der Waals surface area contributed by atoms with Crippen LogP contribution >= 0.6 is 0 Å². The number of H-pyrrole nitrogens is 1. The van der Waals surface area contributed by atoms with E-state index in [-0.39, 0.29) is 5.56 Å². The molecule has 2 aromatic carbocycles. The predicted molar refractivity (Wildman–Crippen MR) is 97.5 cm³/mol. The van der Waals surface area contributed by atoms with Crippen LogP contribution in [0.3, 0.4) is 0 Å². The van der Waals surface area contributed by atoms with Gasteiger partial charge in [0.15, 0.2) is 0 Å². The SMILES string of the molecule is CCc1ccc2[nH]c(=O)c(CNCc3ccc(OC)cc3)cc2c1. The van der Waals surface area contributed by atoms with E-state index in [0.717, 1.165) is 34.2 Å². The molecular weight excluding hydrogens is 300 g/mol. The Bertz CT molecular complexity index is 882. The minimum Gasteiger partial charge on any atom is -0.497 e. The topological polar surface area (TPSA) is 54.1 Å². The van der Waals surface area contributed by atoms with Crippen molar-refractivity contribution in [3.63, 3.8) is 0 Å². The zero-order valence-corrected chi connectivity index (χ0v) is 14.1. The first-order valence-corrected chi connectivity index (χ1v) is 8.18. The Kier molecular flexibility index (Phi) is 4.96. The Balaban J connectivity index is 1.71.